The second kappa shape index (κ2) is 7.74. The molecule has 1 unspecified atom stereocenters. The lowest BCUT2D eigenvalue weighted by atomic mass is 9.95. The first-order valence-electron chi connectivity index (χ1n) is 9.77. The molecule has 0 aliphatic carbocycles. The van der Waals surface area contributed by atoms with Crippen molar-refractivity contribution in [1.29, 1.82) is 0 Å². The lowest BCUT2D eigenvalue weighted by molar-refractivity contribution is 0.0687. The summed E-state index contributed by atoms with van der Waals surface area (Å²) >= 11 is 0. The molecule has 30 heavy (non-hydrogen) atoms. The summed E-state index contributed by atoms with van der Waals surface area (Å²) in [6, 6.07) is 13.1. The highest BCUT2D eigenvalue weighted by Gasteiger charge is 2.43. The summed E-state index contributed by atoms with van der Waals surface area (Å²) in [6.45, 7) is 4.02. The molecule has 0 spiro atoms. The largest absolute Gasteiger partial charge is 0.497 e. The fraction of sp³-hybridized carbons (Fsp3) is 0.304. The van der Waals surface area contributed by atoms with Crippen LogP contribution in [0.4, 0.5) is 0 Å². The third kappa shape index (κ3) is 3.07. The molecule has 3 aromatic rings. The Morgan fingerprint density at radius 3 is 2.27 bits per heavy atom. The van der Waals surface area contributed by atoms with Crippen LogP contribution in [0.2, 0.25) is 0 Å². The van der Waals surface area contributed by atoms with Gasteiger partial charge in [0.15, 0.2) is 11.5 Å². The zero-order chi connectivity index (χ0) is 21.4. The van der Waals surface area contributed by atoms with Gasteiger partial charge in [0.1, 0.15) is 11.4 Å². The predicted molar refractivity (Wildman–Crippen MR) is 113 cm³/mol. The molecule has 2 aromatic carbocycles. The first-order chi connectivity index (χ1) is 14.5. The number of benzene rings is 2. The number of nitrogens with one attached hydrogen (secondary N) is 1. The monoisotopic (exact) mass is 407 g/mol. The second-order valence-electron chi connectivity index (χ2n) is 7.41. The van der Waals surface area contributed by atoms with Crippen molar-refractivity contribution in [3.8, 4) is 28.5 Å². The number of hydrogen-bond donors (Lipinski definition) is 1. The Balaban J connectivity index is 1.88. The number of nitrogens with zero attached hydrogens (tertiary/aromatic N) is 2. The zero-order valence-electron chi connectivity index (χ0n) is 17.7. The van der Waals surface area contributed by atoms with Gasteiger partial charge in [-0.25, -0.2) is 0 Å². The third-order valence-corrected chi connectivity index (χ3v) is 5.45. The van der Waals surface area contributed by atoms with Crippen LogP contribution in [0.3, 0.4) is 0 Å². The number of aromatic nitrogens is 2. The van der Waals surface area contributed by atoms with Gasteiger partial charge in [-0.1, -0.05) is 6.07 Å². The van der Waals surface area contributed by atoms with Gasteiger partial charge in [0.05, 0.1) is 33.1 Å². The van der Waals surface area contributed by atoms with Crippen molar-refractivity contribution in [2.75, 3.05) is 21.3 Å². The maximum absolute atomic E-state index is 13.2. The first kappa shape index (κ1) is 19.8. The van der Waals surface area contributed by atoms with E-state index in [1.807, 2.05) is 61.2 Å². The van der Waals surface area contributed by atoms with Crippen molar-refractivity contribution in [1.82, 2.24) is 15.1 Å². The Labute approximate surface area is 175 Å². The normalized spacial score (nSPS) is 15.5. The fourth-order valence-corrected chi connectivity index (χ4v) is 4.02. The van der Waals surface area contributed by atoms with Crippen LogP contribution in [0.25, 0.3) is 11.3 Å². The Morgan fingerprint density at radius 1 is 0.967 bits per heavy atom. The molecule has 2 heterocycles. The molecular weight excluding hydrogens is 382 g/mol. The Hall–Kier alpha value is -3.48. The van der Waals surface area contributed by atoms with E-state index in [1.165, 1.54) is 0 Å². The molecule has 156 valence electrons. The van der Waals surface area contributed by atoms with E-state index in [9.17, 15) is 4.79 Å². The minimum Gasteiger partial charge on any atom is -0.497 e. The van der Waals surface area contributed by atoms with Gasteiger partial charge in [-0.05, 0) is 55.8 Å². The molecule has 1 N–H and O–H groups in total. The molecule has 0 radical (unpaired) electrons. The van der Waals surface area contributed by atoms with Gasteiger partial charge in [0, 0.05) is 17.2 Å². The number of carbonyl (C=O) groups is 1. The summed E-state index contributed by atoms with van der Waals surface area (Å²) in [6.07, 6.45) is 0. The van der Waals surface area contributed by atoms with E-state index in [4.69, 9.17) is 14.2 Å². The maximum Gasteiger partial charge on any atom is 0.273 e. The highest BCUT2D eigenvalue weighted by molar-refractivity contribution is 6.00. The second-order valence-corrected chi connectivity index (χ2v) is 7.41. The Kier molecular flexibility index (Phi) is 5.11. The number of amides is 1. The number of carbonyl (C=O) groups excluding carboxylic acids is 1. The fourth-order valence-electron chi connectivity index (χ4n) is 4.02. The molecule has 0 saturated heterocycles. The van der Waals surface area contributed by atoms with Crippen LogP contribution in [0.15, 0.2) is 42.5 Å². The van der Waals surface area contributed by atoms with Crippen LogP contribution in [0.1, 0.15) is 41.5 Å². The number of aromatic amines is 1. The van der Waals surface area contributed by atoms with Gasteiger partial charge < -0.3 is 19.1 Å². The van der Waals surface area contributed by atoms with Gasteiger partial charge >= 0.3 is 0 Å². The van der Waals surface area contributed by atoms with Crippen molar-refractivity contribution >= 4 is 5.91 Å². The van der Waals surface area contributed by atoms with Crippen molar-refractivity contribution in [3.63, 3.8) is 0 Å². The maximum atomic E-state index is 13.2. The molecule has 1 aromatic heterocycles. The molecule has 0 bridgehead atoms. The Bertz CT molecular complexity index is 1070. The van der Waals surface area contributed by atoms with E-state index in [0.717, 1.165) is 28.1 Å². The van der Waals surface area contributed by atoms with E-state index in [-0.39, 0.29) is 18.0 Å². The van der Waals surface area contributed by atoms with Crippen molar-refractivity contribution < 1.29 is 19.0 Å². The standard InChI is InChI=1S/C23H25N3O4/c1-13(2)26-22(15-8-11-17(29-4)18(12-15)30-5)19-20(24-25-21(19)23(26)27)14-6-9-16(28-3)10-7-14/h6-13,22H,1-5H3,(H,24,25). The summed E-state index contributed by atoms with van der Waals surface area (Å²) < 4.78 is 16.2. The van der Waals surface area contributed by atoms with Crippen LogP contribution in [-0.4, -0.2) is 48.4 Å². The van der Waals surface area contributed by atoms with Gasteiger partial charge in [-0.2, -0.15) is 5.10 Å². The summed E-state index contributed by atoms with van der Waals surface area (Å²) in [5.41, 5.74) is 3.99. The molecule has 7 nitrogen and oxygen atoms in total. The van der Waals surface area contributed by atoms with E-state index < -0.39 is 0 Å². The van der Waals surface area contributed by atoms with Crippen LogP contribution in [-0.2, 0) is 0 Å². The number of hydrogen-bond acceptors (Lipinski definition) is 5. The molecule has 1 aliphatic heterocycles. The topological polar surface area (TPSA) is 76.7 Å². The quantitative estimate of drug-likeness (QED) is 0.667. The molecule has 1 amide bonds. The predicted octanol–water partition coefficient (Wildman–Crippen LogP) is 4.06. The van der Waals surface area contributed by atoms with Gasteiger partial charge in [-0.3, -0.25) is 9.89 Å². The minimum atomic E-state index is -0.289. The van der Waals surface area contributed by atoms with E-state index in [1.54, 1.807) is 21.3 Å². The molecule has 0 saturated carbocycles. The number of H-pyrrole nitrogens is 1. The minimum absolute atomic E-state index is 0.000106. The van der Waals surface area contributed by atoms with Crippen LogP contribution < -0.4 is 14.2 Å². The Morgan fingerprint density at radius 2 is 1.67 bits per heavy atom. The summed E-state index contributed by atoms with van der Waals surface area (Å²) in [7, 11) is 4.84. The highest BCUT2D eigenvalue weighted by Crippen LogP contribution is 2.45. The van der Waals surface area contributed by atoms with E-state index >= 15 is 0 Å². The van der Waals surface area contributed by atoms with Crippen LogP contribution >= 0.6 is 0 Å². The average Bonchev–Trinajstić information content (AvgIpc) is 3.32. The lowest BCUT2D eigenvalue weighted by Crippen LogP contribution is -2.35. The van der Waals surface area contributed by atoms with E-state index in [0.29, 0.717) is 17.2 Å². The summed E-state index contributed by atoms with van der Waals surface area (Å²) in [4.78, 5) is 15.1. The summed E-state index contributed by atoms with van der Waals surface area (Å²) in [5, 5.41) is 7.46. The van der Waals surface area contributed by atoms with E-state index in [2.05, 4.69) is 10.2 Å². The molecule has 0 fully saturated rings. The van der Waals surface area contributed by atoms with Crippen molar-refractivity contribution in [2.45, 2.75) is 25.9 Å². The van der Waals surface area contributed by atoms with Crippen molar-refractivity contribution in [2.24, 2.45) is 0 Å². The molecule has 1 aliphatic rings. The first-order valence-corrected chi connectivity index (χ1v) is 9.77. The van der Waals surface area contributed by atoms with Gasteiger partial charge in [-0.15, -0.1) is 0 Å². The van der Waals surface area contributed by atoms with Crippen LogP contribution in [0.5, 0.6) is 17.2 Å². The van der Waals surface area contributed by atoms with Crippen LogP contribution in [0, 0.1) is 0 Å². The molecule has 4 rings (SSSR count). The number of fused-ring (bicyclic) bond motifs is 1. The smallest absolute Gasteiger partial charge is 0.273 e. The summed E-state index contributed by atoms with van der Waals surface area (Å²) in [5.74, 6) is 1.97. The number of rotatable bonds is 6. The average molecular weight is 407 g/mol. The zero-order valence-corrected chi connectivity index (χ0v) is 17.7. The SMILES string of the molecule is COc1ccc(-c2n[nH]c3c2C(c2ccc(OC)c(OC)c2)N(C(C)C)C3=O)cc1. The van der Waals surface area contributed by atoms with Gasteiger partial charge in [0.25, 0.3) is 5.91 Å². The molecule has 1 atom stereocenters. The number of methoxy groups -OCH3 is 3. The molecular formula is C23H25N3O4. The van der Waals surface area contributed by atoms with Crippen molar-refractivity contribution in [3.05, 3.63) is 59.3 Å². The van der Waals surface area contributed by atoms with Gasteiger partial charge in [0.2, 0.25) is 0 Å². The molecule has 7 heteroatoms. The highest BCUT2D eigenvalue weighted by atomic mass is 16.5. The third-order valence-electron chi connectivity index (χ3n) is 5.45. The lowest BCUT2D eigenvalue weighted by Gasteiger charge is -2.30. The number of ether oxygens (including phenoxy) is 3.